The van der Waals surface area contributed by atoms with Crippen LogP contribution >= 0.6 is 11.3 Å². The summed E-state index contributed by atoms with van der Waals surface area (Å²) in [5.41, 5.74) is 2.08. The van der Waals surface area contributed by atoms with Crippen LogP contribution in [0.4, 0.5) is 0 Å². The highest BCUT2D eigenvalue weighted by Crippen LogP contribution is 2.14. The van der Waals surface area contributed by atoms with Crippen molar-refractivity contribution in [1.82, 2.24) is 19.9 Å². The van der Waals surface area contributed by atoms with E-state index in [-0.39, 0.29) is 5.91 Å². The zero-order chi connectivity index (χ0) is 16.1. The van der Waals surface area contributed by atoms with E-state index < -0.39 is 0 Å². The van der Waals surface area contributed by atoms with Crippen LogP contribution in [-0.4, -0.2) is 33.7 Å². The normalized spacial score (nSPS) is 10.8. The minimum atomic E-state index is 0.0180. The summed E-state index contributed by atoms with van der Waals surface area (Å²) < 4.78 is 7.34. The second kappa shape index (κ2) is 7.23. The van der Waals surface area contributed by atoms with Gasteiger partial charge in [-0.15, -0.1) is 21.5 Å². The van der Waals surface area contributed by atoms with Crippen molar-refractivity contribution in [3.63, 3.8) is 0 Å². The Morgan fingerprint density at radius 2 is 2.17 bits per heavy atom. The molecule has 2 heterocycles. The monoisotopic (exact) mass is 330 g/mol. The summed E-state index contributed by atoms with van der Waals surface area (Å²) in [4.78, 5) is 12.9. The summed E-state index contributed by atoms with van der Waals surface area (Å²) in [5, 5.41) is 12.9. The van der Waals surface area contributed by atoms with Crippen molar-refractivity contribution in [1.29, 1.82) is 0 Å². The first-order chi connectivity index (χ1) is 11.3. The molecule has 120 valence electrons. The lowest BCUT2D eigenvalue weighted by Gasteiger charge is -2.06. The smallest absolute Gasteiger partial charge is 0.224 e. The number of nitrogens with one attached hydrogen (secondary N) is 1. The lowest BCUT2D eigenvalue weighted by atomic mass is 10.1. The molecular weight excluding hydrogens is 312 g/mol. The van der Waals surface area contributed by atoms with Gasteiger partial charge < -0.3 is 10.1 Å². The SMILES string of the molecule is CCOc1ccc(CC(=O)NCCc2csc3nncn23)cc1. The predicted molar refractivity (Wildman–Crippen MR) is 88.9 cm³/mol. The number of hydrogen-bond donors (Lipinski definition) is 1. The van der Waals surface area contributed by atoms with Crippen molar-refractivity contribution in [2.24, 2.45) is 0 Å². The molecule has 0 fully saturated rings. The Balaban J connectivity index is 1.47. The van der Waals surface area contributed by atoms with Gasteiger partial charge in [-0.3, -0.25) is 9.20 Å². The van der Waals surface area contributed by atoms with Gasteiger partial charge in [0.25, 0.3) is 0 Å². The molecule has 0 aliphatic heterocycles. The Kier molecular flexibility index (Phi) is 4.87. The number of nitrogens with zero attached hydrogens (tertiary/aromatic N) is 3. The van der Waals surface area contributed by atoms with Gasteiger partial charge in [-0.1, -0.05) is 12.1 Å². The molecule has 0 radical (unpaired) electrons. The molecule has 3 rings (SSSR count). The van der Waals surface area contributed by atoms with Crippen molar-refractivity contribution < 1.29 is 9.53 Å². The van der Waals surface area contributed by atoms with Crippen LogP contribution in [0.3, 0.4) is 0 Å². The Hall–Kier alpha value is -2.41. The van der Waals surface area contributed by atoms with Gasteiger partial charge in [0, 0.05) is 24.0 Å². The molecule has 0 spiro atoms. The van der Waals surface area contributed by atoms with Gasteiger partial charge in [0.05, 0.1) is 13.0 Å². The minimum Gasteiger partial charge on any atom is -0.494 e. The number of ether oxygens (including phenoxy) is 1. The maximum atomic E-state index is 12.0. The highest BCUT2D eigenvalue weighted by Gasteiger charge is 2.07. The molecule has 0 atom stereocenters. The van der Waals surface area contributed by atoms with Gasteiger partial charge in [-0.05, 0) is 24.6 Å². The highest BCUT2D eigenvalue weighted by atomic mass is 32.1. The standard InChI is InChI=1S/C16H18N4O2S/c1-2-22-14-5-3-12(4-6-14)9-15(21)17-8-7-13-10-23-16-19-18-11-20(13)16/h3-6,10-11H,2,7-9H2,1H3,(H,17,21). The van der Waals surface area contributed by atoms with Crippen LogP contribution in [0.1, 0.15) is 18.2 Å². The van der Waals surface area contributed by atoms with Crippen LogP contribution in [0.25, 0.3) is 4.96 Å². The third kappa shape index (κ3) is 3.87. The van der Waals surface area contributed by atoms with E-state index in [2.05, 4.69) is 15.5 Å². The highest BCUT2D eigenvalue weighted by molar-refractivity contribution is 7.15. The second-order valence-electron chi connectivity index (χ2n) is 5.06. The number of aromatic nitrogens is 3. The molecule has 3 aromatic rings. The fraction of sp³-hybridized carbons (Fsp3) is 0.312. The van der Waals surface area contributed by atoms with E-state index in [1.165, 1.54) is 0 Å². The minimum absolute atomic E-state index is 0.0180. The Morgan fingerprint density at radius 1 is 1.35 bits per heavy atom. The molecule has 0 aliphatic carbocycles. The number of carbonyl (C=O) groups is 1. The maximum absolute atomic E-state index is 12.0. The summed E-state index contributed by atoms with van der Waals surface area (Å²) in [5.74, 6) is 0.844. The molecule has 6 nitrogen and oxygen atoms in total. The van der Waals surface area contributed by atoms with Gasteiger partial charge in [-0.25, -0.2) is 0 Å². The van der Waals surface area contributed by atoms with E-state index in [0.29, 0.717) is 19.6 Å². The number of thiazole rings is 1. The maximum Gasteiger partial charge on any atom is 0.224 e. The first-order valence-electron chi connectivity index (χ1n) is 7.51. The fourth-order valence-electron chi connectivity index (χ4n) is 2.31. The molecule has 7 heteroatoms. The van der Waals surface area contributed by atoms with Gasteiger partial charge in [0.15, 0.2) is 0 Å². The third-order valence-electron chi connectivity index (χ3n) is 3.43. The quantitative estimate of drug-likeness (QED) is 0.720. The molecule has 0 bridgehead atoms. The molecular formula is C16H18N4O2S. The molecule has 0 saturated carbocycles. The van der Waals surface area contributed by atoms with E-state index in [9.17, 15) is 4.79 Å². The van der Waals surface area contributed by atoms with Crippen LogP contribution in [0.2, 0.25) is 0 Å². The van der Waals surface area contributed by atoms with E-state index in [1.54, 1.807) is 17.7 Å². The van der Waals surface area contributed by atoms with Gasteiger partial charge >= 0.3 is 0 Å². The first-order valence-corrected chi connectivity index (χ1v) is 8.38. The van der Waals surface area contributed by atoms with Gasteiger partial charge in [0.1, 0.15) is 12.1 Å². The average Bonchev–Trinajstić information content (AvgIpc) is 3.14. The number of amides is 1. The van der Waals surface area contributed by atoms with E-state index in [4.69, 9.17) is 4.74 Å². The molecule has 1 aromatic carbocycles. The summed E-state index contributed by atoms with van der Waals surface area (Å²) in [6.45, 7) is 3.18. The van der Waals surface area contributed by atoms with Crippen LogP contribution in [0, 0.1) is 0 Å². The average molecular weight is 330 g/mol. The Bertz CT molecular complexity index is 779. The largest absolute Gasteiger partial charge is 0.494 e. The zero-order valence-corrected chi connectivity index (χ0v) is 13.7. The van der Waals surface area contributed by atoms with E-state index in [0.717, 1.165) is 28.4 Å². The fourth-order valence-corrected chi connectivity index (χ4v) is 3.15. The molecule has 2 aromatic heterocycles. The van der Waals surface area contributed by atoms with Crippen molar-refractivity contribution in [3.8, 4) is 5.75 Å². The summed E-state index contributed by atoms with van der Waals surface area (Å²) in [6, 6.07) is 7.62. The number of rotatable bonds is 7. The summed E-state index contributed by atoms with van der Waals surface area (Å²) >= 11 is 1.55. The van der Waals surface area contributed by atoms with E-state index in [1.807, 2.05) is 41.0 Å². The topological polar surface area (TPSA) is 68.5 Å². The summed E-state index contributed by atoms with van der Waals surface area (Å²) in [6.07, 6.45) is 2.83. The summed E-state index contributed by atoms with van der Waals surface area (Å²) in [7, 11) is 0. The lowest BCUT2D eigenvalue weighted by Crippen LogP contribution is -2.27. The number of carbonyl (C=O) groups excluding carboxylic acids is 1. The molecule has 0 unspecified atom stereocenters. The second-order valence-corrected chi connectivity index (χ2v) is 5.90. The van der Waals surface area contributed by atoms with Crippen molar-refractivity contribution in [2.45, 2.75) is 19.8 Å². The van der Waals surface area contributed by atoms with Crippen LogP contribution in [-0.2, 0) is 17.6 Å². The molecule has 0 saturated heterocycles. The Labute approximate surface area is 138 Å². The zero-order valence-electron chi connectivity index (χ0n) is 12.9. The number of benzene rings is 1. The van der Waals surface area contributed by atoms with Crippen molar-refractivity contribution >= 4 is 22.2 Å². The number of hydrogen-bond acceptors (Lipinski definition) is 5. The Morgan fingerprint density at radius 3 is 2.96 bits per heavy atom. The predicted octanol–water partition coefficient (Wildman–Crippen LogP) is 2.09. The van der Waals surface area contributed by atoms with E-state index >= 15 is 0 Å². The number of fused-ring (bicyclic) bond motifs is 1. The van der Waals surface area contributed by atoms with Crippen molar-refractivity contribution in [2.75, 3.05) is 13.2 Å². The van der Waals surface area contributed by atoms with Crippen molar-refractivity contribution in [3.05, 3.63) is 47.2 Å². The molecule has 1 amide bonds. The van der Waals surface area contributed by atoms with Crippen LogP contribution in [0.5, 0.6) is 5.75 Å². The van der Waals surface area contributed by atoms with Gasteiger partial charge in [0.2, 0.25) is 10.9 Å². The first kappa shape index (κ1) is 15.5. The molecule has 23 heavy (non-hydrogen) atoms. The third-order valence-corrected chi connectivity index (χ3v) is 4.31. The van der Waals surface area contributed by atoms with Gasteiger partial charge in [-0.2, -0.15) is 0 Å². The van der Waals surface area contributed by atoms with Crippen LogP contribution < -0.4 is 10.1 Å². The molecule has 1 N–H and O–H groups in total. The lowest BCUT2D eigenvalue weighted by molar-refractivity contribution is -0.120. The van der Waals surface area contributed by atoms with Crippen LogP contribution in [0.15, 0.2) is 36.0 Å². The molecule has 0 aliphatic rings.